The van der Waals surface area contributed by atoms with Gasteiger partial charge in [-0.25, -0.2) is 0 Å². The lowest BCUT2D eigenvalue weighted by Gasteiger charge is -2.29. The van der Waals surface area contributed by atoms with E-state index in [4.69, 9.17) is 4.74 Å². The number of anilines is 1. The third-order valence-corrected chi connectivity index (χ3v) is 5.66. The average molecular weight is 428 g/mol. The first-order chi connectivity index (χ1) is 15.4. The van der Waals surface area contributed by atoms with Gasteiger partial charge in [0.25, 0.3) is 5.91 Å². The lowest BCUT2D eigenvalue weighted by molar-refractivity contribution is -0.130. The molecule has 0 saturated heterocycles. The van der Waals surface area contributed by atoms with E-state index in [1.165, 1.54) is 14.0 Å². The number of rotatable bonds is 7. The van der Waals surface area contributed by atoms with Gasteiger partial charge >= 0.3 is 0 Å². The fourth-order valence-electron chi connectivity index (χ4n) is 4.22. The molecule has 0 fully saturated rings. The zero-order valence-corrected chi connectivity index (χ0v) is 18.0. The molecule has 3 aromatic carbocycles. The number of fused-ring (bicyclic) bond motifs is 1. The number of ketones is 1. The smallest absolute Gasteiger partial charge is 0.258 e. The van der Waals surface area contributed by atoms with Gasteiger partial charge in [0.15, 0.2) is 11.3 Å². The highest BCUT2D eigenvalue weighted by molar-refractivity contribution is 6.13. The number of Topliss-reactive ketones (excluding diaryl/α,β-unsaturated/α-hetero) is 1. The van der Waals surface area contributed by atoms with Crippen LogP contribution >= 0.6 is 0 Å². The summed E-state index contributed by atoms with van der Waals surface area (Å²) in [6.07, 6.45) is -0.194. The maximum Gasteiger partial charge on any atom is 0.258 e. The number of amides is 2. The van der Waals surface area contributed by atoms with Crippen LogP contribution in [0.5, 0.6) is 5.75 Å². The maximum absolute atomic E-state index is 13.8. The molecule has 32 heavy (non-hydrogen) atoms. The maximum atomic E-state index is 13.8. The molecule has 0 aromatic heterocycles. The highest BCUT2D eigenvalue weighted by Gasteiger charge is 2.52. The first-order valence-electron chi connectivity index (χ1n) is 10.4. The zero-order valence-electron chi connectivity index (χ0n) is 18.0. The number of para-hydroxylation sites is 1. The second-order valence-corrected chi connectivity index (χ2v) is 7.81. The minimum absolute atomic E-state index is 0.194. The first kappa shape index (κ1) is 21.3. The summed E-state index contributed by atoms with van der Waals surface area (Å²) in [5.41, 5.74) is 1.20. The molecule has 6 nitrogen and oxygen atoms in total. The lowest BCUT2D eigenvalue weighted by atomic mass is 9.84. The summed E-state index contributed by atoms with van der Waals surface area (Å²) < 4.78 is 5.23. The summed E-state index contributed by atoms with van der Waals surface area (Å²) in [6.45, 7) is 1.69. The van der Waals surface area contributed by atoms with Crippen LogP contribution in [0.1, 0.15) is 34.8 Å². The molecule has 3 aromatic rings. The second-order valence-electron chi connectivity index (χ2n) is 7.81. The molecule has 6 heteroatoms. The summed E-state index contributed by atoms with van der Waals surface area (Å²) in [4.78, 5) is 41.0. The Morgan fingerprint density at radius 2 is 1.69 bits per heavy atom. The van der Waals surface area contributed by atoms with Gasteiger partial charge in [0.2, 0.25) is 5.91 Å². The fraction of sp³-hybridized carbons (Fsp3) is 0.192. The van der Waals surface area contributed by atoms with Crippen molar-refractivity contribution in [3.05, 3.63) is 95.6 Å². The van der Waals surface area contributed by atoms with Crippen LogP contribution in [-0.4, -0.2) is 24.7 Å². The van der Waals surface area contributed by atoms with Gasteiger partial charge in [-0.2, -0.15) is 0 Å². The third-order valence-electron chi connectivity index (χ3n) is 5.66. The number of benzene rings is 3. The number of carbonyl (C=O) groups is 3. The van der Waals surface area contributed by atoms with Crippen LogP contribution in [0, 0.1) is 0 Å². The van der Waals surface area contributed by atoms with E-state index in [0.717, 1.165) is 5.56 Å². The Balaban J connectivity index is 1.77. The third kappa shape index (κ3) is 3.87. The van der Waals surface area contributed by atoms with Crippen molar-refractivity contribution in [2.45, 2.75) is 25.4 Å². The lowest BCUT2D eigenvalue weighted by Crippen LogP contribution is -2.53. The molecule has 0 bridgehead atoms. The van der Waals surface area contributed by atoms with E-state index in [9.17, 15) is 14.4 Å². The van der Waals surface area contributed by atoms with Gasteiger partial charge in [-0.15, -0.1) is 0 Å². The Kier molecular flexibility index (Phi) is 5.77. The van der Waals surface area contributed by atoms with Crippen molar-refractivity contribution in [3.8, 4) is 5.75 Å². The minimum atomic E-state index is -1.47. The number of ether oxygens (including phenoxy) is 1. The zero-order chi connectivity index (χ0) is 22.7. The quantitative estimate of drug-likeness (QED) is 0.580. The van der Waals surface area contributed by atoms with Crippen molar-refractivity contribution in [3.63, 3.8) is 0 Å². The van der Waals surface area contributed by atoms with Crippen LogP contribution in [0.2, 0.25) is 0 Å². The number of carbonyl (C=O) groups excluding carboxylic acids is 3. The van der Waals surface area contributed by atoms with Crippen LogP contribution in [0.4, 0.5) is 5.69 Å². The molecule has 2 amide bonds. The van der Waals surface area contributed by atoms with Crippen molar-refractivity contribution in [2.24, 2.45) is 0 Å². The number of nitrogens with zero attached hydrogens (tertiary/aromatic N) is 1. The Hall–Kier alpha value is -3.93. The molecular weight excluding hydrogens is 404 g/mol. The molecule has 1 atom stereocenters. The van der Waals surface area contributed by atoms with Crippen molar-refractivity contribution in [2.75, 3.05) is 12.0 Å². The van der Waals surface area contributed by atoms with Crippen LogP contribution in [-0.2, 0) is 21.7 Å². The first-order valence-corrected chi connectivity index (χ1v) is 10.4. The second kappa shape index (κ2) is 8.67. The molecule has 0 radical (unpaired) electrons. The molecule has 1 heterocycles. The molecule has 1 aliphatic heterocycles. The van der Waals surface area contributed by atoms with Crippen molar-refractivity contribution >= 4 is 23.3 Å². The number of nitrogens with one attached hydrogen (secondary N) is 1. The van der Waals surface area contributed by atoms with E-state index in [1.54, 1.807) is 35.2 Å². The standard InChI is InChI=1S/C26H24N2O4/c1-18(29)27-26(16-24(30)20-11-8-12-21(15-20)32-2)22-13-6-7-14-23(22)28(25(26)31)17-19-9-4-3-5-10-19/h3-15H,16-17H2,1-2H3,(H,27,29)/t26-/m1/s1. The van der Waals surface area contributed by atoms with Gasteiger partial charge in [-0.3, -0.25) is 14.4 Å². The van der Waals surface area contributed by atoms with Crippen LogP contribution in [0.15, 0.2) is 78.9 Å². The molecule has 0 spiro atoms. The average Bonchev–Trinajstić information content (AvgIpc) is 3.02. The van der Waals surface area contributed by atoms with E-state index in [1.807, 2.05) is 48.5 Å². The Labute approximate surface area is 186 Å². The highest BCUT2D eigenvalue weighted by atomic mass is 16.5. The summed E-state index contributed by atoms with van der Waals surface area (Å²) in [7, 11) is 1.53. The van der Waals surface area contributed by atoms with Crippen molar-refractivity contribution < 1.29 is 19.1 Å². The molecule has 162 valence electrons. The highest BCUT2D eigenvalue weighted by Crippen LogP contribution is 2.43. The molecule has 1 N–H and O–H groups in total. The van der Waals surface area contributed by atoms with E-state index < -0.39 is 5.54 Å². The SMILES string of the molecule is COc1cccc(C(=O)C[C@]2(NC(C)=O)C(=O)N(Cc3ccccc3)c3ccccc32)c1. The summed E-state index contributed by atoms with van der Waals surface area (Å²) >= 11 is 0. The van der Waals surface area contributed by atoms with E-state index >= 15 is 0 Å². The summed E-state index contributed by atoms with van der Waals surface area (Å²) in [6, 6.07) is 23.7. The van der Waals surface area contributed by atoms with Crippen molar-refractivity contribution in [1.29, 1.82) is 0 Å². The molecule has 1 aliphatic rings. The van der Waals surface area contributed by atoms with E-state index in [0.29, 0.717) is 29.1 Å². The fourth-order valence-corrected chi connectivity index (χ4v) is 4.22. The monoisotopic (exact) mass is 428 g/mol. The molecule has 0 aliphatic carbocycles. The Bertz CT molecular complexity index is 1180. The topological polar surface area (TPSA) is 75.7 Å². The molecule has 0 saturated carbocycles. The van der Waals surface area contributed by atoms with Crippen LogP contribution < -0.4 is 15.0 Å². The molecular formula is C26H24N2O4. The van der Waals surface area contributed by atoms with Crippen molar-refractivity contribution in [1.82, 2.24) is 5.32 Å². The Morgan fingerprint density at radius 3 is 2.41 bits per heavy atom. The molecule has 4 rings (SSSR count). The summed E-state index contributed by atoms with van der Waals surface area (Å²) in [5, 5.41) is 2.82. The van der Waals surface area contributed by atoms with Crippen LogP contribution in [0.25, 0.3) is 0 Å². The number of methoxy groups -OCH3 is 1. The predicted octanol–water partition coefficient (Wildman–Crippen LogP) is 3.85. The van der Waals surface area contributed by atoms with Gasteiger partial charge < -0.3 is 15.0 Å². The number of hydrogen-bond donors (Lipinski definition) is 1. The summed E-state index contributed by atoms with van der Waals surface area (Å²) in [5.74, 6) is -0.419. The van der Waals surface area contributed by atoms with Crippen LogP contribution in [0.3, 0.4) is 0 Å². The number of hydrogen-bond acceptors (Lipinski definition) is 4. The van der Waals surface area contributed by atoms with E-state index in [-0.39, 0.29) is 24.0 Å². The Morgan fingerprint density at radius 1 is 0.969 bits per heavy atom. The largest absolute Gasteiger partial charge is 0.497 e. The van der Waals surface area contributed by atoms with Gasteiger partial charge in [0.05, 0.1) is 19.3 Å². The van der Waals surface area contributed by atoms with Gasteiger partial charge in [-0.1, -0.05) is 60.7 Å². The van der Waals surface area contributed by atoms with E-state index in [2.05, 4.69) is 5.32 Å². The molecule has 0 unspecified atom stereocenters. The minimum Gasteiger partial charge on any atom is -0.497 e. The van der Waals surface area contributed by atoms with Gasteiger partial charge in [0, 0.05) is 24.5 Å². The van der Waals surface area contributed by atoms with Gasteiger partial charge in [-0.05, 0) is 23.8 Å². The predicted molar refractivity (Wildman–Crippen MR) is 122 cm³/mol. The van der Waals surface area contributed by atoms with Gasteiger partial charge in [0.1, 0.15) is 5.75 Å². The normalized spacial score (nSPS) is 17.1.